The molecule has 3 heterocycles. The van der Waals surface area contributed by atoms with E-state index < -0.39 is 5.54 Å². The number of fused-ring (bicyclic) bond motifs is 1. The van der Waals surface area contributed by atoms with Gasteiger partial charge in [0.05, 0.1) is 18.8 Å². The maximum atomic E-state index is 12.7. The predicted octanol–water partition coefficient (Wildman–Crippen LogP) is 0.946. The van der Waals surface area contributed by atoms with E-state index in [-0.39, 0.29) is 17.0 Å². The van der Waals surface area contributed by atoms with Crippen LogP contribution in [0, 0.1) is 0 Å². The molecule has 0 atom stereocenters. The van der Waals surface area contributed by atoms with E-state index in [1.54, 1.807) is 29.3 Å². The molecule has 0 N–H and O–H groups in total. The Bertz CT molecular complexity index is 751. The van der Waals surface area contributed by atoms with E-state index in [0.717, 1.165) is 0 Å². The number of aromatic nitrogens is 2. The number of rotatable bonds is 1. The van der Waals surface area contributed by atoms with Gasteiger partial charge in [-0.15, -0.1) is 0 Å². The van der Waals surface area contributed by atoms with Crippen LogP contribution in [0.3, 0.4) is 0 Å². The van der Waals surface area contributed by atoms with Gasteiger partial charge in [0.2, 0.25) is 0 Å². The number of hydrogen-bond donors (Lipinski definition) is 0. The molecule has 0 radical (unpaired) electrons. The van der Waals surface area contributed by atoms with E-state index in [4.69, 9.17) is 4.74 Å². The smallest absolute Gasteiger partial charge is 0.270 e. The van der Waals surface area contributed by atoms with Gasteiger partial charge in [-0.2, -0.15) is 0 Å². The maximum absolute atomic E-state index is 12.7. The second-order valence-electron chi connectivity index (χ2n) is 5.73. The Morgan fingerprint density at radius 3 is 2.95 bits per heavy atom. The van der Waals surface area contributed by atoms with Crippen molar-refractivity contribution >= 4 is 11.6 Å². The fourth-order valence-corrected chi connectivity index (χ4v) is 2.55. The quantitative estimate of drug-likeness (QED) is 0.783. The molecule has 0 aromatic carbocycles. The van der Waals surface area contributed by atoms with Gasteiger partial charge >= 0.3 is 0 Å². The molecule has 1 amide bonds. The van der Waals surface area contributed by atoms with Crippen LogP contribution in [0.15, 0.2) is 35.4 Å². The average Bonchev–Trinajstić information content (AvgIpc) is 2.47. The number of nitrogens with zero attached hydrogens (tertiary/aromatic N) is 3. The highest BCUT2D eigenvalue weighted by atomic mass is 16.5. The van der Waals surface area contributed by atoms with Crippen molar-refractivity contribution in [2.75, 3.05) is 19.8 Å². The number of morpholine rings is 1. The molecule has 6 nitrogen and oxygen atoms in total. The lowest BCUT2D eigenvalue weighted by Crippen LogP contribution is -2.56. The minimum absolute atomic E-state index is 0.0914. The molecule has 3 rings (SSSR count). The third-order valence-corrected chi connectivity index (χ3v) is 3.73. The molecule has 110 valence electrons. The minimum atomic E-state index is -0.432. The summed E-state index contributed by atoms with van der Waals surface area (Å²) in [6, 6.07) is 5.27. The molecule has 6 heteroatoms. The monoisotopic (exact) mass is 287 g/mol. The Hall–Kier alpha value is -2.21. The number of ether oxygens (including phenoxy) is 1. The van der Waals surface area contributed by atoms with Crippen LogP contribution in [0.25, 0.3) is 5.65 Å². The van der Waals surface area contributed by atoms with Crippen LogP contribution in [-0.4, -0.2) is 45.5 Å². The minimum Gasteiger partial charge on any atom is -0.377 e. The summed E-state index contributed by atoms with van der Waals surface area (Å²) < 4.78 is 6.80. The number of hydrogen-bond acceptors (Lipinski definition) is 4. The van der Waals surface area contributed by atoms with Gasteiger partial charge in [0.15, 0.2) is 0 Å². The van der Waals surface area contributed by atoms with E-state index in [2.05, 4.69) is 4.98 Å². The van der Waals surface area contributed by atoms with E-state index in [0.29, 0.717) is 25.4 Å². The van der Waals surface area contributed by atoms with Crippen LogP contribution in [0.4, 0.5) is 0 Å². The molecule has 0 bridgehead atoms. The van der Waals surface area contributed by atoms with Crippen molar-refractivity contribution in [3.05, 3.63) is 46.5 Å². The van der Waals surface area contributed by atoms with Gasteiger partial charge in [-0.25, -0.2) is 4.98 Å². The van der Waals surface area contributed by atoms with Crippen molar-refractivity contribution in [3.63, 3.8) is 0 Å². The van der Waals surface area contributed by atoms with E-state index in [1.165, 1.54) is 10.6 Å². The van der Waals surface area contributed by atoms with Crippen molar-refractivity contribution < 1.29 is 9.53 Å². The molecule has 0 saturated carbocycles. The van der Waals surface area contributed by atoms with Crippen LogP contribution in [-0.2, 0) is 4.74 Å². The summed E-state index contributed by atoms with van der Waals surface area (Å²) in [6.45, 7) is 5.27. The maximum Gasteiger partial charge on any atom is 0.270 e. The zero-order chi connectivity index (χ0) is 15.0. The molecule has 2 aromatic rings. The zero-order valence-corrected chi connectivity index (χ0v) is 12.1. The second-order valence-corrected chi connectivity index (χ2v) is 5.73. The van der Waals surface area contributed by atoms with Crippen molar-refractivity contribution in [2.45, 2.75) is 19.4 Å². The molecular weight excluding hydrogens is 270 g/mol. The molecule has 21 heavy (non-hydrogen) atoms. The van der Waals surface area contributed by atoms with Crippen LogP contribution < -0.4 is 5.56 Å². The highest BCUT2D eigenvalue weighted by molar-refractivity contribution is 5.94. The van der Waals surface area contributed by atoms with E-state index in [1.807, 2.05) is 13.8 Å². The van der Waals surface area contributed by atoms with Gasteiger partial charge < -0.3 is 9.64 Å². The summed E-state index contributed by atoms with van der Waals surface area (Å²) >= 11 is 0. The van der Waals surface area contributed by atoms with Crippen molar-refractivity contribution in [2.24, 2.45) is 0 Å². The fourth-order valence-electron chi connectivity index (χ4n) is 2.55. The molecule has 1 aliphatic rings. The second kappa shape index (κ2) is 4.96. The fraction of sp³-hybridized carbons (Fsp3) is 0.400. The van der Waals surface area contributed by atoms with Gasteiger partial charge in [0.1, 0.15) is 11.2 Å². The topological polar surface area (TPSA) is 63.9 Å². The summed E-state index contributed by atoms with van der Waals surface area (Å²) in [5, 5.41) is 0. The SMILES string of the molecule is CC1(C)COCCN1C(=O)c1cnc2ccccn2c1=O. The van der Waals surface area contributed by atoms with E-state index >= 15 is 0 Å². The lowest BCUT2D eigenvalue weighted by molar-refractivity contribution is -0.0371. The lowest BCUT2D eigenvalue weighted by Gasteiger charge is -2.41. The summed E-state index contributed by atoms with van der Waals surface area (Å²) in [5.41, 5.74) is -0.153. The molecule has 1 fully saturated rings. The third-order valence-electron chi connectivity index (χ3n) is 3.73. The van der Waals surface area contributed by atoms with Crippen molar-refractivity contribution in [3.8, 4) is 0 Å². The number of carbonyl (C=O) groups is 1. The van der Waals surface area contributed by atoms with E-state index in [9.17, 15) is 9.59 Å². The summed E-state index contributed by atoms with van der Waals surface area (Å²) in [5.74, 6) is -0.293. The predicted molar refractivity (Wildman–Crippen MR) is 77.4 cm³/mol. The molecule has 1 saturated heterocycles. The van der Waals surface area contributed by atoms with Crippen LogP contribution >= 0.6 is 0 Å². The van der Waals surface area contributed by atoms with Crippen LogP contribution in [0.1, 0.15) is 24.2 Å². The first-order valence-electron chi connectivity index (χ1n) is 6.87. The first kappa shape index (κ1) is 13.8. The number of amides is 1. The molecular formula is C15H17N3O3. The number of pyridine rings is 1. The summed E-state index contributed by atoms with van der Waals surface area (Å²) in [4.78, 5) is 31.0. The Balaban J connectivity index is 2.06. The van der Waals surface area contributed by atoms with Crippen LogP contribution in [0.5, 0.6) is 0 Å². The highest BCUT2D eigenvalue weighted by Crippen LogP contribution is 2.20. The third kappa shape index (κ3) is 2.31. The first-order valence-corrected chi connectivity index (χ1v) is 6.87. The van der Waals surface area contributed by atoms with Crippen LogP contribution in [0.2, 0.25) is 0 Å². The Morgan fingerprint density at radius 1 is 1.38 bits per heavy atom. The highest BCUT2D eigenvalue weighted by Gasteiger charge is 2.35. The van der Waals surface area contributed by atoms with Gasteiger partial charge in [0, 0.05) is 18.9 Å². The lowest BCUT2D eigenvalue weighted by atomic mass is 10.0. The molecule has 1 aliphatic heterocycles. The normalized spacial score (nSPS) is 17.9. The van der Waals surface area contributed by atoms with Crippen molar-refractivity contribution in [1.29, 1.82) is 0 Å². The molecule has 0 spiro atoms. The Kier molecular flexibility index (Phi) is 3.25. The standard InChI is InChI=1S/C15H17N3O3/c1-15(2)10-21-8-7-18(15)14(20)11-9-16-12-5-3-4-6-17(12)13(11)19/h3-6,9H,7-8,10H2,1-2H3. The van der Waals surface area contributed by atoms with Crippen molar-refractivity contribution in [1.82, 2.24) is 14.3 Å². The summed E-state index contributed by atoms with van der Waals surface area (Å²) in [6.07, 6.45) is 2.98. The summed E-state index contributed by atoms with van der Waals surface area (Å²) in [7, 11) is 0. The van der Waals surface area contributed by atoms with Gasteiger partial charge in [0.25, 0.3) is 11.5 Å². The largest absolute Gasteiger partial charge is 0.377 e. The average molecular weight is 287 g/mol. The van der Waals surface area contributed by atoms with Gasteiger partial charge in [-0.05, 0) is 26.0 Å². The molecule has 2 aromatic heterocycles. The van der Waals surface area contributed by atoms with Gasteiger partial charge in [-0.1, -0.05) is 6.07 Å². The molecule has 0 unspecified atom stereocenters. The zero-order valence-electron chi connectivity index (χ0n) is 12.1. The van der Waals surface area contributed by atoms with Gasteiger partial charge in [-0.3, -0.25) is 14.0 Å². The number of carbonyl (C=O) groups excluding carboxylic acids is 1. The first-order chi connectivity index (χ1) is 10.0. The Labute approximate surface area is 122 Å². The molecule has 0 aliphatic carbocycles. The Morgan fingerprint density at radius 2 is 2.19 bits per heavy atom.